The van der Waals surface area contributed by atoms with E-state index in [0.29, 0.717) is 12.5 Å². The standard InChI is InChI=1S/C21H26N2O.ClH/c24-21(20-13-7-8-15-22-20)23-16-14-19(17-9-3-1-4-10-17)18-11-5-2-6-12-18;/h1-6,9-12,19-20,22H,7-8,13-16H2,(H,23,24);1H. The molecule has 0 aliphatic carbocycles. The van der Waals surface area contributed by atoms with Gasteiger partial charge < -0.3 is 10.6 Å². The van der Waals surface area contributed by atoms with Gasteiger partial charge in [-0.05, 0) is 36.9 Å². The zero-order chi connectivity index (χ0) is 16.6. The number of carbonyl (C=O) groups excluding carboxylic acids is 1. The molecule has 1 unspecified atom stereocenters. The number of hydrogen-bond donors (Lipinski definition) is 2. The zero-order valence-corrected chi connectivity index (χ0v) is 15.3. The number of piperidine rings is 1. The van der Waals surface area contributed by atoms with Crippen molar-refractivity contribution in [1.29, 1.82) is 0 Å². The number of rotatable bonds is 6. The lowest BCUT2D eigenvalue weighted by atomic mass is 9.88. The van der Waals surface area contributed by atoms with Crippen molar-refractivity contribution in [2.45, 2.75) is 37.6 Å². The smallest absolute Gasteiger partial charge is 0.237 e. The molecule has 2 N–H and O–H groups in total. The average molecular weight is 359 g/mol. The Balaban J connectivity index is 0.00000225. The van der Waals surface area contributed by atoms with Gasteiger partial charge in [0.15, 0.2) is 0 Å². The highest BCUT2D eigenvalue weighted by molar-refractivity contribution is 5.85. The predicted octanol–water partition coefficient (Wildman–Crippen LogP) is 3.89. The first-order valence-corrected chi connectivity index (χ1v) is 8.95. The van der Waals surface area contributed by atoms with Crippen molar-refractivity contribution in [2.75, 3.05) is 13.1 Å². The van der Waals surface area contributed by atoms with E-state index in [1.54, 1.807) is 0 Å². The van der Waals surface area contributed by atoms with Crippen LogP contribution in [0.2, 0.25) is 0 Å². The Morgan fingerprint density at radius 1 is 1.00 bits per heavy atom. The molecule has 25 heavy (non-hydrogen) atoms. The van der Waals surface area contributed by atoms with Gasteiger partial charge in [0, 0.05) is 12.5 Å². The molecule has 3 nitrogen and oxygen atoms in total. The second-order valence-corrected chi connectivity index (χ2v) is 6.46. The first-order valence-electron chi connectivity index (χ1n) is 8.95. The number of halogens is 1. The van der Waals surface area contributed by atoms with E-state index in [1.807, 2.05) is 12.1 Å². The molecule has 2 aromatic carbocycles. The molecule has 1 aliphatic rings. The van der Waals surface area contributed by atoms with Crippen molar-refractivity contribution in [3.63, 3.8) is 0 Å². The summed E-state index contributed by atoms with van der Waals surface area (Å²) in [6.45, 7) is 1.65. The van der Waals surface area contributed by atoms with Crippen LogP contribution in [0.1, 0.15) is 42.7 Å². The van der Waals surface area contributed by atoms with E-state index >= 15 is 0 Å². The summed E-state index contributed by atoms with van der Waals surface area (Å²) in [5.74, 6) is 0.460. The van der Waals surface area contributed by atoms with E-state index in [4.69, 9.17) is 0 Å². The van der Waals surface area contributed by atoms with Crippen LogP contribution >= 0.6 is 12.4 Å². The SMILES string of the molecule is Cl.O=C(NCCC(c1ccccc1)c1ccccc1)C1CCCCN1. The second-order valence-electron chi connectivity index (χ2n) is 6.46. The minimum atomic E-state index is -0.00866. The number of hydrogen-bond acceptors (Lipinski definition) is 2. The summed E-state index contributed by atoms with van der Waals surface area (Å²) in [5, 5.41) is 6.43. The van der Waals surface area contributed by atoms with Crippen molar-refractivity contribution in [1.82, 2.24) is 10.6 Å². The van der Waals surface area contributed by atoms with E-state index in [1.165, 1.54) is 17.5 Å². The van der Waals surface area contributed by atoms with Gasteiger partial charge in [-0.2, -0.15) is 0 Å². The van der Waals surface area contributed by atoms with Gasteiger partial charge in [0.25, 0.3) is 0 Å². The molecule has 1 aliphatic heterocycles. The Morgan fingerprint density at radius 3 is 2.12 bits per heavy atom. The molecular weight excluding hydrogens is 332 g/mol. The molecular formula is C21H27ClN2O. The van der Waals surface area contributed by atoms with Crippen LogP contribution in [0.25, 0.3) is 0 Å². The number of amides is 1. The summed E-state index contributed by atoms with van der Waals surface area (Å²) >= 11 is 0. The van der Waals surface area contributed by atoms with Gasteiger partial charge >= 0.3 is 0 Å². The normalized spacial score (nSPS) is 16.9. The zero-order valence-electron chi connectivity index (χ0n) is 14.5. The second kappa shape index (κ2) is 10.2. The van der Waals surface area contributed by atoms with E-state index in [2.05, 4.69) is 59.2 Å². The first kappa shape index (κ1) is 19.5. The number of carbonyl (C=O) groups is 1. The van der Waals surface area contributed by atoms with E-state index in [9.17, 15) is 4.79 Å². The molecule has 0 aromatic heterocycles. The van der Waals surface area contributed by atoms with Crippen molar-refractivity contribution in [3.8, 4) is 0 Å². The van der Waals surface area contributed by atoms with Crippen LogP contribution in [-0.2, 0) is 4.79 Å². The average Bonchev–Trinajstić information content (AvgIpc) is 2.67. The Labute approximate surface area is 156 Å². The monoisotopic (exact) mass is 358 g/mol. The highest BCUT2D eigenvalue weighted by Crippen LogP contribution is 2.27. The molecule has 4 heteroatoms. The van der Waals surface area contributed by atoms with Crippen LogP contribution in [0.3, 0.4) is 0 Å². The van der Waals surface area contributed by atoms with Gasteiger partial charge in [0.05, 0.1) is 6.04 Å². The maximum Gasteiger partial charge on any atom is 0.237 e. The van der Waals surface area contributed by atoms with Gasteiger partial charge in [-0.25, -0.2) is 0 Å². The summed E-state index contributed by atoms with van der Waals surface area (Å²) in [5.41, 5.74) is 2.60. The summed E-state index contributed by atoms with van der Waals surface area (Å²) in [7, 11) is 0. The lowest BCUT2D eigenvalue weighted by molar-refractivity contribution is -0.123. The van der Waals surface area contributed by atoms with Crippen molar-refractivity contribution in [3.05, 3.63) is 71.8 Å². The lowest BCUT2D eigenvalue weighted by Gasteiger charge is -2.23. The molecule has 3 rings (SSSR count). The van der Waals surface area contributed by atoms with Crippen molar-refractivity contribution >= 4 is 18.3 Å². The van der Waals surface area contributed by atoms with Crippen molar-refractivity contribution < 1.29 is 4.79 Å². The molecule has 1 atom stereocenters. The molecule has 0 radical (unpaired) electrons. The number of nitrogens with one attached hydrogen (secondary N) is 2. The fourth-order valence-electron chi connectivity index (χ4n) is 3.43. The van der Waals surface area contributed by atoms with Crippen LogP contribution in [0, 0.1) is 0 Å². The quantitative estimate of drug-likeness (QED) is 0.822. The summed E-state index contributed by atoms with van der Waals surface area (Å²) in [6.07, 6.45) is 4.18. The molecule has 1 amide bonds. The Bertz CT molecular complexity index is 587. The minimum Gasteiger partial charge on any atom is -0.355 e. The van der Waals surface area contributed by atoms with E-state index in [-0.39, 0.29) is 24.4 Å². The molecule has 0 saturated carbocycles. The van der Waals surface area contributed by atoms with Gasteiger partial charge in [0.2, 0.25) is 5.91 Å². The molecule has 1 heterocycles. The van der Waals surface area contributed by atoms with Gasteiger partial charge in [0.1, 0.15) is 0 Å². The highest BCUT2D eigenvalue weighted by Gasteiger charge is 2.20. The molecule has 1 saturated heterocycles. The Kier molecular flexibility index (Phi) is 7.96. The van der Waals surface area contributed by atoms with Crippen LogP contribution in [0.15, 0.2) is 60.7 Å². The fraction of sp³-hybridized carbons (Fsp3) is 0.381. The molecule has 0 bridgehead atoms. The topological polar surface area (TPSA) is 41.1 Å². The Hall–Kier alpha value is -1.84. The van der Waals surface area contributed by atoms with Gasteiger partial charge in [-0.1, -0.05) is 67.1 Å². The first-order chi connectivity index (χ1) is 11.8. The minimum absolute atomic E-state index is 0. The van der Waals surface area contributed by atoms with Crippen molar-refractivity contribution in [2.24, 2.45) is 0 Å². The summed E-state index contributed by atoms with van der Waals surface area (Å²) in [6, 6.07) is 21.1. The third-order valence-corrected chi connectivity index (χ3v) is 4.76. The molecule has 1 fully saturated rings. The predicted molar refractivity (Wildman–Crippen MR) is 105 cm³/mol. The number of benzene rings is 2. The molecule has 2 aromatic rings. The Morgan fingerprint density at radius 2 is 1.60 bits per heavy atom. The third-order valence-electron chi connectivity index (χ3n) is 4.76. The maximum absolute atomic E-state index is 12.3. The molecule has 134 valence electrons. The van der Waals surface area contributed by atoms with Gasteiger partial charge in [-0.15, -0.1) is 12.4 Å². The fourth-order valence-corrected chi connectivity index (χ4v) is 3.43. The molecule has 0 spiro atoms. The maximum atomic E-state index is 12.3. The van der Waals surface area contributed by atoms with E-state index < -0.39 is 0 Å². The lowest BCUT2D eigenvalue weighted by Crippen LogP contribution is -2.46. The van der Waals surface area contributed by atoms with Gasteiger partial charge in [-0.3, -0.25) is 4.79 Å². The highest BCUT2D eigenvalue weighted by atomic mass is 35.5. The summed E-state index contributed by atoms with van der Waals surface area (Å²) in [4.78, 5) is 12.3. The van der Waals surface area contributed by atoms with Crippen LogP contribution < -0.4 is 10.6 Å². The van der Waals surface area contributed by atoms with Crippen LogP contribution in [-0.4, -0.2) is 25.0 Å². The summed E-state index contributed by atoms with van der Waals surface area (Å²) < 4.78 is 0. The largest absolute Gasteiger partial charge is 0.355 e. The van der Waals surface area contributed by atoms with Crippen LogP contribution in [0.5, 0.6) is 0 Å². The van der Waals surface area contributed by atoms with E-state index in [0.717, 1.165) is 25.8 Å². The third kappa shape index (κ3) is 5.58. The van der Waals surface area contributed by atoms with Crippen LogP contribution in [0.4, 0.5) is 0 Å².